The zero-order chi connectivity index (χ0) is 16.5. The van der Waals surface area contributed by atoms with E-state index in [-0.39, 0.29) is 17.9 Å². The minimum absolute atomic E-state index is 0.0674. The molecule has 0 spiro atoms. The van der Waals surface area contributed by atoms with E-state index in [1.54, 1.807) is 7.11 Å². The molecular weight excluding hydrogens is 304 g/mol. The normalized spacial score (nSPS) is 24.5. The number of carbonyl (C=O) groups is 1. The van der Waals surface area contributed by atoms with Crippen molar-refractivity contribution in [3.05, 3.63) is 42.0 Å². The van der Waals surface area contributed by atoms with Crippen LogP contribution in [0, 0.1) is 5.92 Å². The number of benzene rings is 2. The van der Waals surface area contributed by atoms with Gasteiger partial charge in [0, 0.05) is 19.6 Å². The third-order valence-electron chi connectivity index (χ3n) is 4.83. The molecule has 126 valence electrons. The first-order valence-corrected chi connectivity index (χ1v) is 8.38. The molecule has 0 aliphatic carbocycles. The highest BCUT2D eigenvalue weighted by Gasteiger charge is 2.33. The summed E-state index contributed by atoms with van der Waals surface area (Å²) < 4.78 is 10.9. The highest BCUT2D eigenvalue weighted by Crippen LogP contribution is 2.23. The fourth-order valence-corrected chi connectivity index (χ4v) is 3.61. The SMILES string of the molecule is COc1ccc2cc(CN3C[C@H]4COC[C@@H](C3)C(=O)N4)ccc2c1. The summed E-state index contributed by atoms with van der Waals surface area (Å²) in [6.07, 6.45) is 0. The van der Waals surface area contributed by atoms with Gasteiger partial charge in [-0.15, -0.1) is 0 Å². The number of carbonyl (C=O) groups excluding carboxylic acids is 1. The van der Waals surface area contributed by atoms with Gasteiger partial charge < -0.3 is 14.8 Å². The fraction of sp³-hybridized carbons (Fsp3) is 0.421. The van der Waals surface area contributed by atoms with Crippen LogP contribution < -0.4 is 10.1 Å². The molecule has 2 heterocycles. The molecule has 2 aromatic rings. The predicted octanol–water partition coefficient (Wildman–Crippen LogP) is 1.80. The van der Waals surface area contributed by atoms with Gasteiger partial charge in [-0.1, -0.05) is 18.2 Å². The van der Waals surface area contributed by atoms with Crippen LogP contribution in [0.1, 0.15) is 5.56 Å². The van der Waals surface area contributed by atoms with E-state index in [9.17, 15) is 4.79 Å². The first-order chi connectivity index (χ1) is 11.7. The molecule has 2 atom stereocenters. The molecule has 0 radical (unpaired) electrons. The number of amides is 1. The summed E-state index contributed by atoms with van der Waals surface area (Å²) in [5.41, 5.74) is 1.26. The second-order valence-electron chi connectivity index (χ2n) is 6.68. The summed E-state index contributed by atoms with van der Waals surface area (Å²) >= 11 is 0. The smallest absolute Gasteiger partial charge is 0.227 e. The zero-order valence-corrected chi connectivity index (χ0v) is 13.8. The lowest BCUT2D eigenvalue weighted by Gasteiger charge is -2.27. The topological polar surface area (TPSA) is 50.8 Å². The molecule has 0 saturated carbocycles. The Morgan fingerprint density at radius 1 is 1.17 bits per heavy atom. The van der Waals surface area contributed by atoms with Gasteiger partial charge in [-0.2, -0.15) is 0 Å². The van der Waals surface area contributed by atoms with E-state index < -0.39 is 0 Å². The van der Waals surface area contributed by atoms with E-state index in [1.807, 2.05) is 6.07 Å². The Balaban J connectivity index is 1.54. The van der Waals surface area contributed by atoms with Crippen molar-refractivity contribution in [2.45, 2.75) is 12.6 Å². The van der Waals surface area contributed by atoms with Gasteiger partial charge in [0.25, 0.3) is 0 Å². The van der Waals surface area contributed by atoms with Gasteiger partial charge in [0.1, 0.15) is 5.75 Å². The molecule has 4 rings (SSSR count). The third kappa shape index (κ3) is 3.09. The number of nitrogens with one attached hydrogen (secondary N) is 1. The minimum Gasteiger partial charge on any atom is -0.497 e. The van der Waals surface area contributed by atoms with Gasteiger partial charge in [-0.25, -0.2) is 0 Å². The number of hydrogen-bond acceptors (Lipinski definition) is 4. The van der Waals surface area contributed by atoms with Gasteiger partial charge in [0.15, 0.2) is 0 Å². The Bertz CT molecular complexity index is 761. The molecule has 2 aliphatic rings. The molecule has 0 aromatic heterocycles. The van der Waals surface area contributed by atoms with Crippen molar-refractivity contribution in [3.63, 3.8) is 0 Å². The molecule has 0 unspecified atom stereocenters. The minimum atomic E-state index is -0.0674. The number of methoxy groups -OCH3 is 1. The maximum atomic E-state index is 12.1. The van der Waals surface area contributed by atoms with Crippen molar-refractivity contribution in [1.29, 1.82) is 0 Å². The van der Waals surface area contributed by atoms with Crippen LogP contribution in [0.4, 0.5) is 0 Å². The lowest BCUT2D eigenvalue weighted by molar-refractivity contribution is -0.125. The molecule has 2 aliphatic heterocycles. The molecule has 5 nitrogen and oxygen atoms in total. The quantitative estimate of drug-likeness (QED) is 0.934. The van der Waals surface area contributed by atoms with Crippen molar-refractivity contribution < 1.29 is 14.3 Å². The lowest BCUT2D eigenvalue weighted by Crippen LogP contribution is -2.41. The molecule has 2 bridgehead atoms. The van der Waals surface area contributed by atoms with E-state index >= 15 is 0 Å². The molecule has 2 fully saturated rings. The monoisotopic (exact) mass is 326 g/mol. The Kier molecular flexibility index (Phi) is 4.12. The van der Waals surface area contributed by atoms with Crippen molar-refractivity contribution in [1.82, 2.24) is 10.2 Å². The van der Waals surface area contributed by atoms with E-state index in [4.69, 9.17) is 9.47 Å². The van der Waals surface area contributed by atoms with Gasteiger partial charge >= 0.3 is 0 Å². The van der Waals surface area contributed by atoms with E-state index in [0.29, 0.717) is 13.2 Å². The molecule has 2 saturated heterocycles. The van der Waals surface area contributed by atoms with Crippen LogP contribution in [0.15, 0.2) is 36.4 Å². The standard InChI is InChI=1S/C19H22N2O3/c1-23-18-5-4-14-6-13(2-3-15(14)7-18)8-21-9-16-11-24-12-17(10-21)20-19(16)22/h2-7,16-17H,8-12H2,1H3,(H,20,22)/t16-,17+/m1/s1. The summed E-state index contributed by atoms with van der Waals surface area (Å²) in [4.78, 5) is 14.5. The fourth-order valence-electron chi connectivity index (χ4n) is 3.61. The number of rotatable bonds is 3. The zero-order valence-electron chi connectivity index (χ0n) is 13.8. The molecule has 1 N–H and O–H groups in total. The van der Waals surface area contributed by atoms with Gasteiger partial charge in [0.2, 0.25) is 5.91 Å². The second-order valence-corrected chi connectivity index (χ2v) is 6.68. The highest BCUT2D eigenvalue weighted by molar-refractivity contribution is 5.84. The summed E-state index contributed by atoms with van der Waals surface area (Å²) in [6, 6.07) is 12.7. The second kappa shape index (κ2) is 6.42. The highest BCUT2D eigenvalue weighted by atomic mass is 16.5. The maximum Gasteiger partial charge on any atom is 0.227 e. The molecule has 5 heteroatoms. The van der Waals surface area contributed by atoms with Crippen molar-refractivity contribution >= 4 is 16.7 Å². The third-order valence-corrected chi connectivity index (χ3v) is 4.83. The van der Waals surface area contributed by atoms with Crippen LogP contribution in [0.3, 0.4) is 0 Å². The van der Waals surface area contributed by atoms with Crippen LogP contribution in [0.5, 0.6) is 5.75 Å². The Morgan fingerprint density at radius 3 is 2.88 bits per heavy atom. The number of hydrogen-bond donors (Lipinski definition) is 1. The molecular formula is C19H22N2O3. The summed E-state index contributed by atoms with van der Waals surface area (Å²) in [5, 5.41) is 5.47. The number of ether oxygens (including phenoxy) is 2. The Morgan fingerprint density at radius 2 is 2.00 bits per heavy atom. The van der Waals surface area contributed by atoms with E-state index in [0.717, 1.165) is 25.4 Å². The molecule has 1 amide bonds. The van der Waals surface area contributed by atoms with Crippen molar-refractivity contribution in [3.8, 4) is 5.75 Å². The average molecular weight is 326 g/mol. The first-order valence-electron chi connectivity index (χ1n) is 8.38. The van der Waals surface area contributed by atoms with Crippen LogP contribution >= 0.6 is 0 Å². The largest absolute Gasteiger partial charge is 0.497 e. The Hall–Kier alpha value is -2.11. The van der Waals surface area contributed by atoms with Crippen LogP contribution in [0.25, 0.3) is 10.8 Å². The van der Waals surface area contributed by atoms with Gasteiger partial charge in [-0.3, -0.25) is 9.69 Å². The van der Waals surface area contributed by atoms with E-state index in [1.165, 1.54) is 16.3 Å². The predicted molar refractivity (Wildman–Crippen MR) is 92.0 cm³/mol. The number of fused-ring (bicyclic) bond motifs is 4. The van der Waals surface area contributed by atoms with E-state index in [2.05, 4.69) is 40.5 Å². The van der Waals surface area contributed by atoms with Crippen LogP contribution in [-0.2, 0) is 16.1 Å². The molecule has 2 aromatic carbocycles. The molecule has 24 heavy (non-hydrogen) atoms. The maximum absolute atomic E-state index is 12.1. The summed E-state index contributed by atoms with van der Waals surface area (Å²) in [7, 11) is 1.69. The lowest BCUT2D eigenvalue weighted by atomic mass is 10.1. The van der Waals surface area contributed by atoms with Crippen molar-refractivity contribution in [2.75, 3.05) is 33.4 Å². The van der Waals surface area contributed by atoms with Gasteiger partial charge in [0.05, 0.1) is 32.3 Å². The van der Waals surface area contributed by atoms with Crippen molar-refractivity contribution in [2.24, 2.45) is 5.92 Å². The van der Waals surface area contributed by atoms with Crippen LogP contribution in [0.2, 0.25) is 0 Å². The summed E-state index contributed by atoms with van der Waals surface area (Å²) in [5.74, 6) is 0.938. The first kappa shape index (κ1) is 15.4. The average Bonchev–Trinajstić information content (AvgIpc) is 2.83. The Labute approximate surface area is 141 Å². The van der Waals surface area contributed by atoms with Crippen LogP contribution in [-0.4, -0.2) is 50.3 Å². The summed E-state index contributed by atoms with van der Waals surface area (Å²) in [6.45, 7) is 3.57. The number of nitrogens with zero attached hydrogens (tertiary/aromatic N) is 1. The van der Waals surface area contributed by atoms with Gasteiger partial charge in [-0.05, 0) is 34.5 Å².